The molecule has 0 bridgehead atoms. The maximum atomic E-state index is 12.4. The molecule has 0 spiro atoms. The van der Waals surface area contributed by atoms with Gasteiger partial charge in [0.25, 0.3) is 0 Å². The van der Waals surface area contributed by atoms with Crippen molar-refractivity contribution in [1.29, 1.82) is 0 Å². The fraction of sp³-hybridized carbons (Fsp3) is 0.591. The van der Waals surface area contributed by atoms with E-state index < -0.39 is 6.04 Å². The predicted molar refractivity (Wildman–Crippen MR) is 113 cm³/mol. The largest absolute Gasteiger partial charge is 0.345 e. The van der Waals surface area contributed by atoms with E-state index in [2.05, 4.69) is 22.9 Å². The van der Waals surface area contributed by atoms with Crippen LogP contribution >= 0.6 is 0 Å². The molecular formula is C22H35N3O3. The first-order valence-electron chi connectivity index (χ1n) is 10.3. The molecule has 1 unspecified atom stereocenters. The second-order valence-electron chi connectivity index (χ2n) is 7.42. The zero-order chi connectivity index (χ0) is 20.9. The highest BCUT2D eigenvalue weighted by atomic mass is 16.2. The number of carbonyl (C=O) groups excluding carboxylic acids is 3. The van der Waals surface area contributed by atoms with Crippen LogP contribution in [0.3, 0.4) is 0 Å². The van der Waals surface area contributed by atoms with Gasteiger partial charge in [0, 0.05) is 12.1 Å². The first-order valence-corrected chi connectivity index (χ1v) is 10.3. The number of nitrogens with one attached hydrogen (secondary N) is 3. The molecule has 0 radical (unpaired) electrons. The summed E-state index contributed by atoms with van der Waals surface area (Å²) in [7, 11) is 0. The number of hydrogen-bond acceptors (Lipinski definition) is 3. The average Bonchev–Trinajstić information content (AvgIpc) is 2.67. The molecule has 0 saturated heterocycles. The fourth-order valence-corrected chi connectivity index (χ4v) is 2.84. The lowest BCUT2D eigenvalue weighted by molar-refractivity contribution is -0.130. The third-order valence-electron chi connectivity index (χ3n) is 4.57. The first-order chi connectivity index (χ1) is 13.4. The molecule has 1 aromatic rings. The molecule has 1 aromatic carbocycles. The van der Waals surface area contributed by atoms with Crippen molar-refractivity contribution in [1.82, 2.24) is 10.6 Å². The smallest absolute Gasteiger partial charge is 0.243 e. The molecule has 0 fully saturated rings. The summed E-state index contributed by atoms with van der Waals surface area (Å²) in [5.74, 6) is -0.820. The zero-order valence-corrected chi connectivity index (χ0v) is 17.6. The molecule has 28 heavy (non-hydrogen) atoms. The maximum Gasteiger partial charge on any atom is 0.243 e. The van der Waals surface area contributed by atoms with Crippen LogP contribution in [0.1, 0.15) is 65.4 Å². The van der Waals surface area contributed by atoms with E-state index in [1.807, 2.05) is 45.0 Å². The summed E-state index contributed by atoms with van der Waals surface area (Å²) in [4.78, 5) is 36.7. The lowest BCUT2D eigenvalue weighted by Crippen LogP contribution is -2.51. The fourth-order valence-electron chi connectivity index (χ4n) is 2.84. The predicted octanol–water partition coefficient (Wildman–Crippen LogP) is 3.41. The van der Waals surface area contributed by atoms with Gasteiger partial charge in [0.15, 0.2) is 0 Å². The molecule has 1 rings (SSSR count). The third kappa shape index (κ3) is 9.02. The molecule has 6 nitrogen and oxygen atoms in total. The normalized spacial score (nSPS) is 11.8. The van der Waals surface area contributed by atoms with E-state index in [9.17, 15) is 14.4 Å². The molecule has 0 aromatic heterocycles. The van der Waals surface area contributed by atoms with Gasteiger partial charge in [0.1, 0.15) is 6.04 Å². The van der Waals surface area contributed by atoms with Gasteiger partial charge in [0.2, 0.25) is 17.7 Å². The van der Waals surface area contributed by atoms with E-state index in [1.165, 1.54) is 0 Å². The van der Waals surface area contributed by atoms with Crippen LogP contribution in [0.2, 0.25) is 0 Å². The van der Waals surface area contributed by atoms with Gasteiger partial charge in [-0.1, -0.05) is 59.1 Å². The quantitative estimate of drug-likeness (QED) is 0.479. The molecule has 0 aliphatic heterocycles. The van der Waals surface area contributed by atoms with E-state index >= 15 is 0 Å². The maximum absolute atomic E-state index is 12.4. The summed E-state index contributed by atoms with van der Waals surface area (Å²) in [5, 5.41) is 8.21. The second-order valence-corrected chi connectivity index (χ2v) is 7.42. The summed E-state index contributed by atoms with van der Waals surface area (Å²) in [6, 6.07) is 6.96. The Morgan fingerprint density at radius 2 is 1.75 bits per heavy atom. The monoisotopic (exact) mass is 389 g/mol. The van der Waals surface area contributed by atoms with Crippen molar-refractivity contribution in [2.24, 2.45) is 5.92 Å². The van der Waals surface area contributed by atoms with Crippen molar-refractivity contribution >= 4 is 23.4 Å². The van der Waals surface area contributed by atoms with Gasteiger partial charge in [-0.05, 0) is 36.5 Å². The number of amides is 3. The van der Waals surface area contributed by atoms with Crippen LogP contribution in [0.4, 0.5) is 5.69 Å². The first kappa shape index (κ1) is 23.7. The van der Waals surface area contributed by atoms with Crippen LogP contribution in [-0.2, 0) is 20.8 Å². The Morgan fingerprint density at radius 1 is 1.00 bits per heavy atom. The van der Waals surface area contributed by atoms with Crippen LogP contribution in [-0.4, -0.2) is 30.3 Å². The lowest BCUT2D eigenvalue weighted by atomic mass is 10.0. The van der Waals surface area contributed by atoms with Gasteiger partial charge >= 0.3 is 0 Å². The summed E-state index contributed by atoms with van der Waals surface area (Å²) in [5.41, 5.74) is 1.84. The minimum absolute atomic E-state index is 0.0658. The Morgan fingerprint density at radius 3 is 2.39 bits per heavy atom. The minimum Gasteiger partial charge on any atom is -0.345 e. The van der Waals surface area contributed by atoms with Crippen molar-refractivity contribution in [2.45, 2.75) is 72.3 Å². The van der Waals surface area contributed by atoms with E-state index in [-0.39, 0.29) is 30.2 Å². The molecule has 0 aliphatic carbocycles. The molecular weight excluding hydrogens is 354 g/mol. The highest BCUT2D eigenvalue weighted by Gasteiger charge is 2.24. The molecule has 3 N–H and O–H groups in total. The van der Waals surface area contributed by atoms with E-state index in [4.69, 9.17) is 0 Å². The Balaban J connectivity index is 2.47. The minimum atomic E-state index is -0.644. The standard InChI is InChI=1S/C22H35N3O3/c1-5-7-8-9-13-19(26)25-21(16(3)4)22(28)23-15-20(27)24-18-12-10-11-17(6-2)14-18/h10-12,14,16,21H,5-9,13,15H2,1-4H3,(H,23,28)(H,24,27)(H,25,26). The van der Waals surface area contributed by atoms with Gasteiger partial charge in [-0.15, -0.1) is 0 Å². The van der Waals surface area contributed by atoms with Gasteiger partial charge in [-0.3, -0.25) is 14.4 Å². The Labute approximate surface area is 168 Å². The highest BCUT2D eigenvalue weighted by Crippen LogP contribution is 2.11. The molecule has 156 valence electrons. The molecule has 1 atom stereocenters. The third-order valence-corrected chi connectivity index (χ3v) is 4.57. The number of unbranched alkanes of at least 4 members (excludes halogenated alkanes) is 3. The molecule has 3 amide bonds. The number of benzene rings is 1. The second kappa shape index (κ2) is 12.9. The van der Waals surface area contributed by atoms with Crippen molar-refractivity contribution in [2.75, 3.05) is 11.9 Å². The highest BCUT2D eigenvalue weighted by molar-refractivity contribution is 5.96. The van der Waals surface area contributed by atoms with E-state index in [0.717, 1.165) is 37.7 Å². The van der Waals surface area contributed by atoms with Crippen molar-refractivity contribution in [3.05, 3.63) is 29.8 Å². The number of aryl methyl sites for hydroxylation is 1. The van der Waals surface area contributed by atoms with Gasteiger partial charge < -0.3 is 16.0 Å². The Kier molecular flexibility index (Phi) is 10.9. The SMILES string of the molecule is CCCCCCC(=O)NC(C(=O)NCC(=O)Nc1cccc(CC)c1)C(C)C. The number of hydrogen-bond donors (Lipinski definition) is 3. The number of anilines is 1. The van der Waals surface area contributed by atoms with Gasteiger partial charge in [0.05, 0.1) is 6.54 Å². The zero-order valence-electron chi connectivity index (χ0n) is 17.6. The molecule has 0 heterocycles. The topological polar surface area (TPSA) is 87.3 Å². The lowest BCUT2D eigenvalue weighted by Gasteiger charge is -2.21. The van der Waals surface area contributed by atoms with Crippen LogP contribution < -0.4 is 16.0 Å². The van der Waals surface area contributed by atoms with E-state index in [1.54, 1.807) is 0 Å². The number of carbonyl (C=O) groups is 3. The number of rotatable bonds is 12. The van der Waals surface area contributed by atoms with Crippen LogP contribution in [0.15, 0.2) is 24.3 Å². The van der Waals surface area contributed by atoms with E-state index in [0.29, 0.717) is 12.1 Å². The van der Waals surface area contributed by atoms with Crippen LogP contribution in [0.5, 0.6) is 0 Å². The molecule has 0 aliphatic rings. The molecule has 0 saturated carbocycles. The van der Waals surface area contributed by atoms with Gasteiger partial charge in [-0.2, -0.15) is 0 Å². The summed E-state index contributed by atoms with van der Waals surface area (Å²) in [6.45, 7) is 7.78. The van der Waals surface area contributed by atoms with Crippen molar-refractivity contribution in [3.63, 3.8) is 0 Å². The molecule has 6 heteroatoms. The summed E-state index contributed by atoms with van der Waals surface area (Å²) in [6.07, 6.45) is 5.37. The van der Waals surface area contributed by atoms with Crippen molar-refractivity contribution in [3.8, 4) is 0 Å². The van der Waals surface area contributed by atoms with Gasteiger partial charge in [-0.25, -0.2) is 0 Å². The Hall–Kier alpha value is -2.37. The summed E-state index contributed by atoms with van der Waals surface area (Å²) >= 11 is 0. The Bertz CT molecular complexity index is 644. The average molecular weight is 390 g/mol. The van der Waals surface area contributed by atoms with Crippen LogP contribution in [0.25, 0.3) is 0 Å². The van der Waals surface area contributed by atoms with Crippen LogP contribution in [0, 0.1) is 5.92 Å². The summed E-state index contributed by atoms with van der Waals surface area (Å²) < 4.78 is 0. The van der Waals surface area contributed by atoms with Crippen molar-refractivity contribution < 1.29 is 14.4 Å².